The molecule has 0 aromatic carbocycles. The number of ether oxygens (including phenoxy) is 1. The highest BCUT2D eigenvalue weighted by molar-refractivity contribution is 5.85. The van der Waals surface area contributed by atoms with Crippen molar-refractivity contribution in [2.75, 3.05) is 27.2 Å². The molecule has 126 valence electrons. The van der Waals surface area contributed by atoms with Gasteiger partial charge in [-0.1, -0.05) is 12.8 Å². The smallest absolute Gasteiger partial charge is 0.243 e. The van der Waals surface area contributed by atoms with Gasteiger partial charge in [-0.3, -0.25) is 4.79 Å². The maximum Gasteiger partial charge on any atom is 0.243 e. The summed E-state index contributed by atoms with van der Waals surface area (Å²) >= 11 is 0. The molecule has 0 aromatic rings. The first-order chi connectivity index (χ1) is 10.5. The van der Waals surface area contributed by atoms with Crippen LogP contribution in [0.3, 0.4) is 0 Å². The third-order valence-electron chi connectivity index (χ3n) is 4.39. The van der Waals surface area contributed by atoms with Crippen LogP contribution in [0.4, 0.5) is 0 Å². The largest absolute Gasteiger partial charge is 0.378 e. The lowest BCUT2D eigenvalue weighted by Crippen LogP contribution is -2.49. The zero-order valence-corrected chi connectivity index (χ0v) is 14.1. The topological polar surface area (TPSA) is 66.0 Å². The average Bonchev–Trinajstić information content (AvgIpc) is 2.97. The van der Waals surface area contributed by atoms with Gasteiger partial charge >= 0.3 is 0 Å². The molecule has 0 radical (unpaired) electrons. The van der Waals surface area contributed by atoms with Crippen molar-refractivity contribution in [3.8, 4) is 0 Å². The molecule has 0 spiro atoms. The molecule has 0 aromatic heterocycles. The summed E-state index contributed by atoms with van der Waals surface area (Å²) in [6.45, 7) is 3.07. The zero-order chi connectivity index (χ0) is 15.9. The van der Waals surface area contributed by atoms with Gasteiger partial charge in [-0.25, -0.2) is 4.99 Å². The van der Waals surface area contributed by atoms with E-state index in [0.717, 1.165) is 25.4 Å². The Kier molecular flexibility index (Phi) is 6.49. The van der Waals surface area contributed by atoms with Gasteiger partial charge in [0.1, 0.15) is 6.54 Å². The lowest BCUT2D eigenvalue weighted by atomic mass is 10.0. The Morgan fingerprint density at radius 3 is 2.50 bits per heavy atom. The van der Waals surface area contributed by atoms with E-state index in [0.29, 0.717) is 12.1 Å². The van der Waals surface area contributed by atoms with Crippen molar-refractivity contribution in [1.29, 1.82) is 0 Å². The number of nitrogens with zero attached hydrogens (tertiary/aromatic N) is 2. The molecule has 2 fully saturated rings. The van der Waals surface area contributed by atoms with Gasteiger partial charge in [0.25, 0.3) is 0 Å². The van der Waals surface area contributed by atoms with Crippen molar-refractivity contribution in [3.05, 3.63) is 0 Å². The highest BCUT2D eigenvalue weighted by Gasteiger charge is 2.22. The van der Waals surface area contributed by atoms with Crippen LogP contribution in [-0.4, -0.2) is 62.2 Å². The fourth-order valence-electron chi connectivity index (χ4n) is 3.01. The number of hydrogen-bond acceptors (Lipinski definition) is 3. The number of guanidine groups is 1. The molecule has 1 saturated carbocycles. The van der Waals surface area contributed by atoms with Crippen molar-refractivity contribution < 1.29 is 9.53 Å². The second-order valence-corrected chi connectivity index (χ2v) is 6.63. The number of amides is 1. The van der Waals surface area contributed by atoms with Crippen molar-refractivity contribution >= 4 is 11.9 Å². The molecule has 1 aliphatic carbocycles. The van der Waals surface area contributed by atoms with Crippen LogP contribution < -0.4 is 10.6 Å². The standard InChI is InChI=1S/C16H30N4O2/c1-12-10-14(8-9-22-12)19-16(17-11-15(21)20(2)3)18-13-6-4-5-7-13/h12-14H,4-11H2,1-3H3,(H2,17,18,19). The second kappa shape index (κ2) is 8.36. The molecule has 1 aliphatic heterocycles. The summed E-state index contributed by atoms with van der Waals surface area (Å²) in [7, 11) is 3.52. The van der Waals surface area contributed by atoms with E-state index in [4.69, 9.17) is 4.74 Å². The summed E-state index contributed by atoms with van der Waals surface area (Å²) < 4.78 is 5.59. The summed E-state index contributed by atoms with van der Waals surface area (Å²) in [6.07, 6.45) is 7.16. The van der Waals surface area contributed by atoms with E-state index >= 15 is 0 Å². The quantitative estimate of drug-likeness (QED) is 0.603. The maximum absolute atomic E-state index is 11.8. The molecule has 1 saturated heterocycles. The first kappa shape index (κ1) is 17.1. The molecule has 22 heavy (non-hydrogen) atoms. The number of carbonyl (C=O) groups excluding carboxylic acids is 1. The first-order valence-corrected chi connectivity index (χ1v) is 8.44. The van der Waals surface area contributed by atoms with Crippen molar-refractivity contribution in [2.24, 2.45) is 4.99 Å². The highest BCUT2D eigenvalue weighted by atomic mass is 16.5. The van der Waals surface area contributed by atoms with Gasteiger partial charge in [0.2, 0.25) is 5.91 Å². The number of hydrogen-bond donors (Lipinski definition) is 2. The Morgan fingerprint density at radius 2 is 1.86 bits per heavy atom. The first-order valence-electron chi connectivity index (χ1n) is 8.44. The molecular weight excluding hydrogens is 280 g/mol. The second-order valence-electron chi connectivity index (χ2n) is 6.63. The molecule has 2 N–H and O–H groups in total. The predicted molar refractivity (Wildman–Crippen MR) is 88.0 cm³/mol. The summed E-state index contributed by atoms with van der Waals surface area (Å²) in [5.74, 6) is 0.800. The van der Waals surface area contributed by atoms with Gasteiger partial charge in [-0.05, 0) is 32.6 Å². The lowest BCUT2D eigenvalue weighted by molar-refractivity contribution is -0.127. The van der Waals surface area contributed by atoms with E-state index in [1.807, 2.05) is 0 Å². The Morgan fingerprint density at radius 1 is 1.18 bits per heavy atom. The fraction of sp³-hybridized carbons (Fsp3) is 0.875. The number of likely N-dealkylation sites (N-methyl/N-ethyl adjacent to an activating group) is 1. The third kappa shape index (κ3) is 5.48. The predicted octanol–water partition coefficient (Wildman–Crippen LogP) is 1.12. The van der Waals surface area contributed by atoms with Crippen LogP contribution in [0.5, 0.6) is 0 Å². The molecule has 0 bridgehead atoms. The lowest BCUT2D eigenvalue weighted by Gasteiger charge is -2.30. The molecule has 2 atom stereocenters. The Bertz CT molecular complexity index is 392. The number of carbonyl (C=O) groups is 1. The third-order valence-corrected chi connectivity index (χ3v) is 4.39. The monoisotopic (exact) mass is 310 g/mol. The molecule has 2 unspecified atom stereocenters. The maximum atomic E-state index is 11.8. The van der Waals surface area contributed by atoms with E-state index in [9.17, 15) is 4.79 Å². The molecule has 6 heteroatoms. The van der Waals surface area contributed by atoms with Crippen molar-refractivity contribution in [3.63, 3.8) is 0 Å². The minimum atomic E-state index is 0.0212. The molecule has 1 heterocycles. The summed E-state index contributed by atoms with van der Waals surface area (Å²) in [4.78, 5) is 17.8. The number of nitrogens with one attached hydrogen (secondary N) is 2. The summed E-state index contributed by atoms with van der Waals surface area (Å²) in [5.41, 5.74) is 0. The van der Waals surface area contributed by atoms with E-state index in [2.05, 4.69) is 22.5 Å². The normalized spacial score (nSPS) is 26.8. The van der Waals surface area contributed by atoms with Crippen molar-refractivity contribution in [1.82, 2.24) is 15.5 Å². The Hall–Kier alpha value is -1.30. The van der Waals surface area contributed by atoms with Gasteiger partial charge < -0.3 is 20.3 Å². The van der Waals surface area contributed by atoms with E-state index in [1.165, 1.54) is 25.7 Å². The summed E-state index contributed by atoms with van der Waals surface area (Å²) in [6, 6.07) is 0.851. The minimum Gasteiger partial charge on any atom is -0.378 e. The minimum absolute atomic E-state index is 0.0212. The van der Waals surface area contributed by atoms with Gasteiger partial charge in [-0.15, -0.1) is 0 Å². The van der Waals surface area contributed by atoms with Crippen LogP contribution in [0.2, 0.25) is 0 Å². The van der Waals surface area contributed by atoms with Gasteiger partial charge in [0.15, 0.2) is 5.96 Å². The SMILES string of the molecule is CC1CC(NC(=NCC(=O)N(C)C)NC2CCCC2)CCO1. The number of rotatable bonds is 4. The fourth-order valence-corrected chi connectivity index (χ4v) is 3.01. The van der Waals surface area contributed by atoms with Crippen LogP contribution in [0.25, 0.3) is 0 Å². The molecule has 2 rings (SSSR count). The van der Waals surface area contributed by atoms with Crippen LogP contribution in [0.1, 0.15) is 45.4 Å². The van der Waals surface area contributed by atoms with Crippen molar-refractivity contribution in [2.45, 2.75) is 63.6 Å². The van der Waals surface area contributed by atoms with Gasteiger partial charge in [0.05, 0.1) is 6.10 Å². The zero-order valence-electron chi connectivity index (χ0n) is 14.1. The molecule has 1 amide bonds. The van der Waals surface area contributed by atoms with E-state index < -0.39 is 0 Å². The Labute approximate surface area is 133 Å². The van der Waals surface area contributed by atoms with E-state index in [-0.39, 0.29) is 18.6 Å². The average molecular weight is 310 g/mol. The van der Waals surface area contributed by atoms with Crippen LogP contribution in [-0.2, 0) is 9.53 Å². The van der Waals surface area contributed by atoms with Gasteiger partial charge in [-0.2, -0.15) is 0 Å². The molecule has 6 nitrogen and oxygen atoms in total. The molecular formula is C16H30N4O2. The van der Waals surface area contributed by atoms with Crippen LogP contribution in [0.15, 0.2) is 4.99 Å². The number of aliphatic imine (C=N–C) groups is 1. The van der Waals surface area contributed by atoms with Gasteiger partial charge in [0, 0.05) is 32.8 Å². The van der Waals surface area contributed by atoms with Crippen LogP contribution in [0, 0.1) is 0 Å². The van der Waals surface area contributed by atoms with Crippen LogP contribution >= 0.6 is 0 Å². The Balaban J connectivity index is 1.93. The molecule has 2 aliphatic rings. The van der Waals surface area contributed by atoms with E-state index in [1.54, 1.807) is 19.0 Å². The highest BCUT2D eigenvalue weighted by Crippen LogP contribution is 2.18. The summed E-state index contributed by atoms with van der Waals surface area (Å²) in [5, 5.41) is 7.00.